The molecule has 0 aliphatic heterocycles. The molecule has 0 radical (unpaired) electrons. The van der Waals surface area contributed by atoms with Crippen LogP contribution in [-0.2, 0) is 20.7 Å². The van der Waals surface area contributed by atoms with Gasteiger partial charge >= 0.3 is 12.1 Å². The second-order valence-electron chi connectivity index (χ2n) is 5.43. The van der Waals surface area contributed by atoms with Crippen LogP contribution in [0.4, 0.5) is 4.79 Å². The standard InChI is InChI=1S/C16H21NO4/c1-16(2,3)21-15(19)17-13(14(18)20-4)11-10-12-8-6-5-7-9-12/h5-9,11H,10H2,1-4H3,(H,17,19)/b13-11+. The normalized spacial score (nSPS) is 11.7. The number of benzene rings is 1. The van der Waals surface area contributed by atoms with Gasteiger partial charge in [0, 0.05) is 0 Å². The summed E-state index contributed by atoms with van der Waals surface area (Å²) < 4.78 is 9.77. The Kier molecular flexibility index (Phi) is 5.96. The third kappa shape index (κ3) is 6.61. The van der Waals surface area contributed by atoms with Crippen molar-refractivity contribution in [2.45, 2.75) is 32.8 Å². The van der Waals surface area contributed by atoms with E-state index in [0.29, 0.717) is 6.42 Å². The van der Waals surface area contributed by atoms with Gasteiger partial charge in [0.1, 0.15) is 11.3 Å². The van der Waals surface area contributed by atoms with Crippen LogP contribution >= 0.6 is 0 Å². The van der Waals surface area contributed by atoms with Crippen molar-refractivity contribution in [2.75, 3.05) is 7.11 Å². The van der Waals surface area contributed by atoms with Crippen molar-refractivity contribution in [3.8, 4) is 0 Å². The molecule has 1 aromatic carbocycles. The van der Waals surface area contributed by atoms with Gasteiger partial charge in [0.15, 0.2) is 0 Å². The first kappa shape index (κ1) is 16.8. The maximum absolute atomic E-state index is 11.7. The predicted molar refractivity (Wildman–Crippen MR) is 79.6 cm³/mol. The molecule has 0 saturated heterocycles. The fourth-order valence-corrected chi connectivity index (χ4v) is 1.54. The molecule has 1 amide bonds. The first-order chi connectivity index (χ1) is 9.81. The van der Waals surface area contributed by atoms with Crippen LogP contribution in [0.5, 0.6) is 0 Å². The summed E-state index contributed by atoms with van der Waals surface area (Å²) in [6.45, 7) is 5.24. The largest absolute Gasteiger partial charge is 0.464 e. The Morgan fingerprint density at radius 2 is 1.81 bits per heavy atom. The van der Waals surface area contributed by atoms with E-state index in [0.717, 1.165) is 5.56 Å². The number of carbonyl (C=O) groups is 2. The maximum Gasteiger partial charge on any atom is 0.412 e. The van der Waals surface area contributed by atoms with Gasteiger partial charge in [-0.2, -0.15) is 0 Å². The highest BCUT2D eigenvalue weighted by Crippen LogP contribution is 2.08. The lowest BCUT2D eigenvalue weighted by atomic mass is 10.1. The maximum atomic E-state index is 11.7. The SMILES string of the molecule is COC(=O)/C(=C\Cc1ccccc1)NC(=O)OC(C)(C)C. The molecule has 0 atom stereocenters. The van der Waals surface area contributed by atoms with E-state index in [1.807, 2.05) is 30.3 Å². The Morgan fingerprint density at radius 3 is 2.33 bits per heavy atom. The van der Waals surface area contributed by atoms with Gasteiger partial charge < -0.3 is 9.47 Å². The van der Waals surface area contributed by atoms with E-state index in [2.05, 4.69) is 10.1 Å². The third-order valence-corrected chi connectivity index (χ3v) is 2.43. The Balaban J connectivity index is 2.76. The Morgan fingerprint density at radius 1 is 1.19 bits per heavy atom. The summed E-state index contributed by atoms with van der Waals surface area (Å²) in [6.07, 6.45) is 1.42. The van der Waals surface area contributed by atoms with Crippen molar-refractivity contribution in [3.05, 3.63) is 47.7 Å². The number of amides is 1. The lowest BCUT2D eigenvalue weighted by Gasteiger charge is -2.20. The smallest absolute Gasteiger partial charge is 0.412 e. The van der Waals surface area contributed by atoms with E-state index in [1.54, 1.807) is 26.8 Å². The lowest BCUT2D eigenvalue weighted by molar-refractivity contribution is -0.136. The van der Waals surface area contributed by atoms with Crippen LogP contribution in [-0.4, -0.2) is 24.8 Å². The molecular formula is C16H21NO4. The summed E-state index contributed by atoms with van der Waals surface area (Å²) in [4.78, 5) is 23.4. The molecule has 1 aromatic rings. The summed E-state index contributed by atoms with van der Waals surface area (Å²) in [5.41, 5.74) is 0.450. The van der Waals surface area contributed by atoms with Crippen molar-refractivity contribution in [2.24, 2.45) is 0 Å². The fourth-order valence-electron chi connectivity index (χ4n) is 1.54. The minimum absolute atomic E-state index is 0.0654. The Bertz CT molecular complexity index is 515. The number of alkyl carbamates (subject to hydrolysis) is 1. The number of esters is 1. The van der Waals surface area contributed by atoms with E-state index < -0.39 is 17.7 Å². The van der Waals surface area contributed by atoms with E-state index in [1.165, 1.54) is 7.11 Å². The van der Waals surface area contributed by atoms with Crippen LogP contribution in [0, 0.1) is 0 Å². The van der Waals surface area contributed by atoms with E-state index in [4.69, 9.17) is 4.74 Å². The summed E-state index contributed by atoms with van der Waals surface area (Å²) >= 11 is 0. The topological polar surface area (TPSA) is 64.6 Å². The van der Waals surface area contributed by atoms with Gasteiger partial charge in [0.2, 0.25) is 0 Å². The molecule has 0 bridgehead atoms. The first-order valence-electron chi connectivity index (χ1n) is 6.64. The zero-order valence-electron chi connectivity index (χ0n) is 12.8. The van der Waals surface area contributed by atoms with Gasteiger partial charge in [-0.3, -0.25) is 5.32 Å². The monoisotopic (exact) mass is 291 g/mol. The molecule has 0 aliphatic carbocycles. The number of ether oxygens (including phenoxy) is 2. The number of rotatable bonds is 4. The molecular weight excluding hydrogens is 270 g/mol. The Hall–Kier alpha value is -2.30. The number of hydrogen-bond acceptors (Lipinski definition) is 4. The van der Waals surface area contributed by atoms with Crippen LogP contribution in [0.1, 0.15) is 26.3 Å². The van der Waals surface area contributed by atoms with Crippen molar-refractivity contribution < 1.29 is 19.1 Å². The highest BCUT2D eigenvalue weighted by molar-refractivity contribution is 5.92. The minimum atomic E-state index is -0.688. The number of methoxy groups -OCH3 is 1. The molecule has 0 fully saturated rings. The van der Waals surface area contributed by atoms with Crippen molar-refractivity contribution in [3.63, 3.8) is 0 Å². The zero-order chi connectivity index (χ0) is 15.9. The molecule has 0 spiro atoms. The van der Waals surface area contributed by atoms with Crippen LogP contribution in [0.3, 0.4) is 0 Å². The molecule has 0 saturated carbocycles. The van der Waals surface area contributed by atoms with E-state index in [-0.39, 0.29) is 5.70 Å². The summed E-state index contributed by atoms with van der Waals surface area (Å²) in [7, 11) is 1.26. The molecule has 1 rings (SSSR count). The molecule has 0 aromatic heterocycles. The predicted octanol–water partition coefficient (Wildman–Crippen LogP) is 2.81. The summed E-state index contributed by atoms with van der Waals surface area (Å²) in [6, 6.07) is 9.58. The van der Waals surface area contributed by atoms with Crippen LogP contribution in [0.2, 0.25) is 0 Å². The molecule has 5 heteroatoms. The van der Waals surface area contributed by atoms with Gasteiger partial charge in [-0.15, -0.1) is 0 Å². The van der Waals surface area contributed by atoms with Crippen LogP contribution in [0.25, 0.3) is 0 Å². The van der Waals surface area contributed by atoms with Crippen molar-refractivity contribution in [1.82, 2.24) is 5.32 Å². The fraction of sp³-hybridized carbons (Fsp3) is 0.375. The molecule has 21 heavy (non-hydrogen) atoms. The van der Waals surface area contributed by atoms with Crippen molar-refractivity contribution in [1.29, 1.82) is 0 Å². The zero-order valence-corrected chi connectivity index (χ0v) is 12.8. The van der Waals surface area contributed by atoms with Gasteiger partial charge in [0.25, 0.3) is 0 Å². The van der Waals surface area contributed by atoms with Gasteiger partial charge in [-0.1, -0.05) is 30.3 Å². The highest BCUT2D eigenvalue weighted by Gasteiger charge is 2.19. The number of nitrogens with one attached hydrogen (secondary N) is 1. The Labute approximate surface area is 124 Å². The summed E-state index contributed by atoms with van der Waals surface area (Å²) in [5.74, 6) is -0.614. The highest BCUT2D eigenvalue weighted by atomic mass is 16.6. The van der Waals surface area contributed by atoms with Crippen LogP contribution < -0.4 is 5.32 Å². The molecule has 5 nitrogen and oxygen atoms in total. The van der Waals surface area contributed by atoms with E-state index >= 15 is 0 Å². The average Bonchev–Trinajstić information content (AvgIpc) is 2.41. The molecule has 0 aliphatic rings. The van der Waals surface area contributed by atoms with Crippen molar-refractivity contribution >= 4 is 12.1 Å². The molecule has 0 unspecified atom stereocenters. The number of carbonyl (C=O) groups excluding carboxylic acids is 2. The first-order valence-corrected chi connectivity index (χ1v) is 6.64. The van der Waals surface area contributed by atoms with Gasteiger partial charge in [-0.05, 0) is 38.8 Å². The number of allylic oxidation sites excluding steroid dienone is 1. The summed E-state index contributed by atoms with van der Waals surface area (Å²) in [5, 5.41) is 2.42. The lowest BCUT2D eigenvalue weighted by Crippen LogP contribution is -2.34. The molecule has 114 valence electrons. The quantitative estimate of drug-likeness (QED) is 0.684. The van der Waals surface area contributed by atoms with Gasteiger partial charge in [0.05, 0.1) is 7.11 Å². The average molecular weight is 291 g/mol. The second kappa shape index (κ2) is 7.47. The molecule has 0 heterocycles. The molecule has 1 N–H and O–H groups in total. The second-order valence-corrected chi connectivity index (χ2v) is 5.43. The van der Waals surface area contributed by atoms with Gasteiger partial charge in [-0.25, -0.2) is 9.59 Å². The van der Waals surface area contributed by atoms with Crippen LogP contribution in [0.15, 0.2) is 42.1 Å². The van der Waals surface area contributed by atoms with E-state index in [9.17, 15) is 9.59 Å². The third-order valence-electron chi connectivity index (χ3n) is 2.43. The minimum Gasteiger partial charge on any atom is -0.464 e. The number of hydrogen-bond donors (Lipinski definition) is 1.